The molecule has 0 aliphatic heterocycles. The molecule has 10 heavy (non-hydrogen) atoms. The summed E-state index contributed by atoms with van der Waals surface area (Å²) >= 11 is 0. The Hall–Kier alpha value is -0.210. The molecule has 0 aromatic heterocycles. The van der Waals surface area contributed by atoms with Crippen molar-refractivity contribution in [2.75, 3.05) is 0 Å². The fourth-order valence-electron chi connectivity index (χ4n) is 0.642. The SMILES string of the molecule is [CH2]CCC(F)[C@@H](F)C(C)F. The molecule has 0 aliphatic rings. The number of alkyl halides is 3. The van der Waals surface area contributed by atoms with Crippen LogP contribution in [-0.2, 0) is 0 Å². The maximum Gasteiger partial charge on any atom is 0.162 e. The van der Waals surface area contributed by atoms with E-state index < -0.39 is 18.5 Å². The van der Waals surface area contributed by atoms with Crippen molar-refractivity contribution >= 4 is 0 Å². The van der Waals surface area contributed by atoms with Crippen molar-refractivity contribution in [3.05, 3.63) is 6.92 Å². The van der Waals surface area contributed by atoms with Gasteiger partial charge in [0.25, 0.3) is 0 Å². The van der Waals surface area contributed by atoms with Gasteiger partial charge in [0, 0.05) is 0 Å². The van der Waals surface area contributed by atoms with Crippen molar-refractivity contribution in [1.82, 2.24) is 0 Å². The van der Waals surface area contributed by atoms with Crippen molar-refractivity contribution in [2.45, 2.75) is 38.3 Å². The summed E-state index contributed by atoms with van der Waals surface area (Å²) in [6, 6.07) is 0. The van der Waals surface area contributed by atoms with Gasteiger partial charge < -0.3 is 0 Å². The van der Waals surface area contributed by atoms with Gasteiger partial charge in [-0.25, -0.2) is 13.2 Å². The fraction of sp³-hybridized carbons (Fsp3) is 0.857. The fourth-order valence-corrected chi connectivity index (χ4v) is 0.642. The molecule has 0 spiro atoms. The van der Waals surface area contributed by atoms with Crippen LogP contribution < -0.4 is 0 Å². The number of hydrogen-bond acceptors (Lipinski definition) is 0. The van der Waals surface area contributed by atoms with Crippen LogP contribution in [0.2, 0.25) is 0 Å². The Kier molecular flexibility index (Phi) is 4.49. The van der Waals surface area contributed by atoms with Crippen LogP contribution in [-0.4, -0.2) is 18.5 Å². The molecule has 0 N–H and O–H groups in total. The number of halogens is 3. The van der Waals surface area contributed by atoms with E-state index in [0.717, 1.165) is 6.92 Å². The van der Waals surface area contributed by atoms with Gasteiger partial charge in [-0.15, -0.1) is 0 Å². The largest absolute Gasteiger partial charge is 0.244 e. The first-order chi connectivity index (χ1) is 4.59. The van der Waals surface area contributed by atoms with Gasteiger partial charge in [0.05, 0.1) is 0 Å². The van der Waals surface area contributed by atoms with Crippen molar-refractivity contribution in [2.24, 2.45) is 0 Å². The predicted molar refractivity (Wildman–Crippen MR) is 35.0 cm³/mol. The van der Waals surface area contributed by atoms with Crippen LogP contribution in [0, 0.1) is 6.92 Å². The van der Waals surface area contributed by atoms with E-state index in [4.69, 9.17) is 0 Å². The summed E-state index contributed by atoms with van der Waals surface area (Å²) in [5.74, 6) is 0. The molecule has 0 aliphatic carbocycles. The minimum atomic E-state index is -1.98. The first-order valence-corrected chi connectivity index (χ1v) is 3.31. The number of hydrogen-bond donors (Lipinski definition) is 0. The van der Waals surface area contributed by atoms with Crippen molar-refractivity contribution in [1.29, 1.82) is 0 Å². The standard InChI is InChI=1S/C7H12F3/c1-3-4-6(9)7(10)5(2)8/h5-7H,1,3-4H2,2H3/t5?,6?,7-/m0/s1. The third kappa shape index (κ3) is 3.08. The van der Waals surface area contributed by atoms with Crippen LogP contribution in [0.1, 0.15) is 19.8 Å². The first kappa shape index (κ1) is 9.79. The summed E-state index contributed by atoms with van der Waals surface area (Å²) in [5.41, 5.74) is 0. The van der Waals surface area contributed by atoms with Crippen LogP contribution in [0.15, 0.2) is 0 Å². The highest BCUT2D eigenvalue weighted by atomic mass is 19.2. The topological polar surface area (TPSA) is 0 Å². The van der Waals surface area contributed by atoms with E-state index in [0.29, 0.717) is 6.42 Å². The van der Waals surface area contributed by atoms with E-state index in [1.54, 1.807) is 0 Å². The second-order valence-corrected chi connectivity index (χ2v) is 2.28. The Labute approximate surface area is 59.4 Å². The minimum absolute atomic E-state index is 0.00454. The highest BCUT2D eigenvalue weighted by Gasteiger charge is 2.25. The molecule has 0 saturated carbocycles. The lowest BCUT2D eigenvalue weighted by molar-refractivity contribution is 0.0869. The molecule has 2 unspecified atom stereocenters. The van der Waals surface area contributed by atoms with Gasteiger partial charge in [-0.3, -0.25) is 0 Å². The Morgan fingerprint density at radius 3 is 2.10 bits per heavy atom. The average molecular weight is 153 g/mol. The van der Waals surface area contributed by atoms with Gasteiger partial charge in [-0.2, -0.15) is 0 Å². The van der Waals surface area contributed by atoms with Crippen LogP contribution in [0.3, 0.4) is 0 Å². The Bertz CT molecular complexity index is 82.9. The molecule has 61 valence electrons. The molecule has 0 bridgehead atoms. The highest BCUT2D eigenvalue weighted by molar-refractivity contribution is 4.73. The molecule has 0 heterocycles. The van der Waals surface area contributed by atoms with Crippen LogP contribution in [0.4, 0.5) is 13.2 Å². The average Bonchev–Trinajstić information content (AvgIpc) is 1.87. The number of rotatable bonds is 4. The lowest BCUT2D eigenvalue weighted by Gasteiger charge is -2.12. The van der Waals surface area contributed by atoms with Gasteiger partial charge in [-0.1, -0.05) is 13.3 Å². The Morgan fingerprint density at radius 2 is 1.80 bits per heavy atom. The molecular formula is C7H12F3. The van der Waals surface area contributed by atoms with Crippen molar-refractivity contribution in [3.8, 4) is 0 Å². The van der Waals surface area contributed by atoms with E-state index in [1.807, 2.05) is 0 Å². The summed E-state index contributed by atoms with van der Waals surface area (Å²) in [5, 5.41) is 0. The summed E-state index contributed by atoms with van der Waals surface area (Å²) in [6.07, 6.45) is -5.11. The summed E-state index contributed by atoms with van der Waals surface area (Å²) in [4.78, 5) is 0. The van der Waals surface area contributed by atoms with Crippen molar-refractivity contribution in [3.63, 3.8) is 0 Å². The second kappa shape index (κ2) is 4.58. The van der Waals surface area contributed by atoms with E-state index in [-0.39, 0.29) is 6.42 Å². The zero-order valence-corrected chi connectivity index (χ0v) is 5.99. The maximum absolute atomic E-state index is 12.4. The van der Waals surface area contributed by atoms with E-state index in [1.165, 1.54) is 0 Å². The van der Waals surface area contributed by atoms with Gasteiger partial charge in [0.15, 0.2) is 6.17 Å². The smallest absolute Gasteiger partial charge is 0.162 e. The third-order valence-electron chi connectivity index (χ3n) is 1.26. The quantitative estimate of drug-likeness (QED) is 0.582. The lowest BCUT2D eigenvalue weighted by atomic mass is 10.1. The second-order valence-electron chi connectivity index (χ2n) is 2.28. The van der Waals surface area contributed by atoms with E-state index in [9.17, 15) is 13.2 Å². The zero-order valence-electron chi connectivity index (χ0n) is 5.99. The first-order valence-electron chi connectivity index (χ1n) is 3.31. The normalized spacial score (nSPS) is 20.1. The molecule has 3 heteroatoms. The molecule has 0 aromatic carbocycles. The van der Waals surface area contributed by atoms with Gasteiger partial charge >= 0.3 is 0 Å². The molecule has 0 fully saturated rings. The summed E-state index contributed by atoms with van der Waals surface area (Å²) < 4.78 is 36.8. The van der Waals surface area contributed by atoms with E-state index in [2.05, 4.69) is 6.92 Å². The highest BCUT2D eigenvalue weighted by Crippen LogP contribution is 2.15. The Morgan fingerprint density at radius 1 is 1.30 bits per heavy atom. The predicted octanol–water partition coefficient (Wildman–Crippen LogP) is 2.63. The molecular weight excluding hydrogens is 141 g/mol. The van der Waals surface area contributed by atoms with Gasteiger partial charge in [0.1, 0.15) is 12.3 Å². The maximum atomic E-state index is 12.4. The van der Waals surface area contributed by atoms with E-state index >= 15 is 0 Å². The monoisotopic (exact) mass is 153 g/mol. The molecule has 3 atom stereocenters. The summed E-state index contributed by atoms with van der Waals surface area (Å²) in [7, 11) is 0. The zero-order chi connectivity index (χ0) is 8.15. The molecule has 1 radical (unpaired) electrons. The van der Waals surface area contributed by atoms with Crippen molar-refractivity contribution < 1.29 is 13.2 Å². The molecule has 0 saturated heterocycles. The molecule has 0 rings (SSSR count). The molecule has 0 amide bonds. The minimum Gasteiger partial charge on any atom is -0.244 e. The van der Waals surface area contributed by atoms with Crippen LogP contribution >= 0.6 is 0 Å². The van der Waals surface area contributed by atoms with Gasteiger partial charge in [0.2, 0.25) is 0 Å². The summed E-state index contributed by atoms with van der Waals surface area (Å²) in [6.45, 7) is 4.35. The lowest BCUT2D eigenvalue weighted by Crippen LogP contribution is -2.25. The van der Waals surface area contributed by atoms with Gasteiger partial charge in [-0.05, 0) is 13.3 Å². The molecule has 0 nitrogen and oxygen atoms in total. The Balaban J connectivity index is 3.58. The van der Waals surface area contributed by atoms with Crippen LogP contribution in [0.5, 0.6) is 0 Å². The van der Waals surface area contributed by atoms with Crippen LogP contribution in [0.25, 0.3) is 0 Å². The third-order valence-corrected chi connectivity index (χ3v) is 1.26. The molecule has 0 aromatic rings.